The van der Waals surface area contributed by atoms with E-state index in [1.807, 2.05) is 0 Å². The first-order valence-electron chi connectivity index (χ1n) is 3.74. The van der Waals surface area contributed by atoms with Crippen LogP contribution in [0.25, 0.3) is 0 Å². The van der Waals surface area contributed by atoms with Gasteiger partial charge in [0.1, 0.15) is 0 Å². The van der Waals surface area contributed by atoms with Gasteiger partial charge in [-0.25, -0.2) is 0 Å². The number of nitro groups is 1. The van der Waals surface area contributed by atoms with Crippen LogP contribution in [-0.2, 0) is 0 Å². The summed E-state index contributed by atoms with van der Waals surface area (Å²) in [6.07, 6.45) is -1.01. The van der Waals surface area contributed by atoms with E-state index < -0.39 is 22.5 Å². The molecule has 1 rings (SSSR count). The molecule has 1 unspecified atom stereocenters. The van der Waals surface area contributed by atoms with E-state index in [1.165, 1.54) is 6.07 Å². The number of aliphatic hydroxyl groups is 1. The molecule has 0 fully saturated rings. The zero-order valence-electron chi connectivity index (χ0n) is 6.98. The lowest BCUT2D eigenvalue weighted by Crippen LogP contribution is -2.00. The minimum absolute atomic E-state index is 0.0861. The summed E-state index contributed by atoms with van der Waals surface area (Å²) in [6, 6.07) is 3.18. The summed E-state index contributed by atoms with van der Waals surface area (Å²) >= 11 is 5.33. The van der Waals surface area contributed by atoms with Crippen molar-refractivity contribution < 1.29 is 14.4 Å². The van der Waals surface area contributed by atoms with Crippen molar-refractivity contribution in [3.8, 4) is 0 Å². The molecule has 1 atom stereocenters. The van der Waals surface area contributed by atoms with E-state index in [1.54, 1.807) is 0 Å². The lowest BCUT2D eigenvalue weighted by Gasteiger charge is -2.06. The van der Waals surface area contributed by atoms with E-state index in [0.29, 0.717) is 0 Å². The fourth-order valence-corrected chi connectivity index (χ4v) is 1.15. The highest BCUT2D eigenvalue weighted by atomic mass is 35.5. The minimum atomic E-state index is -1.01. The number of aliphatic hydroxyl groups excluding tert-OH is 1. The largest absolute Gasteiger partial charge is 0.387 e. The molecular formula is C8H7ClFNO3. The van der Waals surface area contributed by atoms with Gasteiger partial charge in [0, 0.05) is 6.07 Å². The predicted octanol–water partition coefficient (Wildman–Crippen LogP) is 2.01. The van der Waals surface area contributed by atoms with Crippen LogP contribution < -0.4 is 0 Å². The molecule has 0 aliphatic heterocycles. The van der Waals surface area contributed by atoms with Crippen LogP contribution in [0.15, 0.2) is 18.2 Å². The third kappa shape index (κ3) is 2.18. The molecule has 0 bridgehead atoms. The van der Waals surface area contributed by atoms with Gasteiger partial charge in [0.2, 0.25) is 5.82 Å². The highest BCUT2D eigenvalue weighted by molar-refractivity contribution is 6.18. The van der Waals surface area contributed by atoms with E-state index in [0.717, 1.165) is 12.1 Å². The maximum atomic E-state index is 13.0. The van der Waals surface area contributed by atoms with Crippen LogP contribution in [0.2, 0.25) is 0 Å². The highest BCUT2D eigenvalue weighted by Gasteiger charge is 2.16. The summed E-state index contributed by atoms with van der Waals surface area (Å²) in [4.78, 5) is 9.42. The summed E-state index contributed by atoms with van der Waals surface area (Å²) in [7, 11) is 0. The maximum Gasteiger partial charge on any atom is 0.304 e. The molecule has 0 saturated heterocycles. The minimum Gasteiger partial charge on any atom is -0.387 e. The lowest BCUT2D eigenvalue weighted by molar-refractivity contribution is -0.387. The molecule has 14 heavy (non-hydrogen) atoms. The van der Waals surface area contributed by atoms with Crippen molar-refractivity contribution in [2.24, 2.45) is 0 Å². The van der Waals surface area contributed by atoms with E-state index in [2.05, 4.69) is 0 Å². The third-order valence-electron chi connectivity index (χ3n) is 1.70. The van der Waals surface area contributed by atoms with E-state index in [-0.39, 0.29) is 11.4 Å². The van der Waals surface area contributed by atoms with Crippen LogP contribution in [0.5, 0.6) is 0 Å². The Labute approximate surface area is 84.1 Å². The van der Waals surface area contributed by atoms with Gasteiger partial charge in [-0.2, -0.15) is 4.39 Å². The standard InChI is InChI=1S/C8H7ClFNO3/c9-4-8(12)5-1-2-7(11(13)14)6(10)3-5/h1-3,8,12H,4H2. The van der Waals surface area contributed by atoms with Gasteiger partial charge in [-0.15, -0.1) is 11.6 Å². The van der Waals surface area contributed by atoms with Crippen LogP contribution in [-0.4, -0.2) is 15.9 Å². The van der Waals surface area contributed by atoms with Gasteiger partial charge in [0.15, 0.2) is 0 Å². The first-order chi connectivity index (χ1) is 6.56. The molecule has 0 saturated carbocycles. The Kier molecular flexibility index (Phi) is 3.38. The van der Waals surface area contributed by atoms with Crippen molar-refractivity contribution in [2.75, 3.05) is 5.88 Å². The number of halogens is 2. The van der Waals surface area contributed by atoms with Crippen LogP contribution in [0.3, 0.4) is 0 Å². The average Bonchev–Trinajstić information content (AvgIpc) is 2.15. The molecule has 4 nitrogen and oxygen atoms in total. The summed E-state index contributed by atoms with van der Waals surface area (Å²) in [5.41, 5.74) is -0.390. The van der Waals surface area contributed by atoms with Gasteiger partial charge in [-0.1, -0.05) is 0 Å². The fraction of sp³-hybridized carbons (Fsp3) is 0.250. The number of nitrogens with zero attached hydrogens (tertiary/aromatic N) is 1. The Balaban J connectivity index is 3.06. The van der Waals surface area contributed by atoms with Crippen molar-refractivity contribution in [3.63, 3.8) is 0 Å². The summed E-state index contributed by atoms with van der Waals surface area (Å²) in [5.74, 6) is -1.06. The van der Waals surface area contributed by atoms with Crippen molar-refractivity contribution in [3.05, 3.63) is 39.7 Å². The first-order valence-corrected chi connectivity index (χ1v) is 4.27. The fourth-order valence-electron chi connectivity index (χ4n) is 0.968. The normalized spacial score (nSPS) is 12.5. The van der Waals surface area contributed by atoms with Gasteiger partial charge < -0.3 is 5.11 Å². The summed E-state index contributed by atoms with van der Waals surface area (Å²) in [6.45, 7) is 0. The molecule has 1 N–H and O–H groups in total. The number of hydrogen-bond acceptors (Lipinski definition) is 3. The molecule has 76 valence electrons. The number of nitro benzene ring substituents is 1. The van der Waals surface area contributed by atoms with Crippen LogP contribution in [0, 0.1) is 15.9 Å². The Morgan fingerprint density at radius 2 is 2.29 bits per heavy atom. The SMILES string of the molecule is O=[N+]([O-])c1ccc(C(O)CCl)cc1F. The van der Waals surface area contributed by atoms with Crippen molar-refractivity contribution >= 4 is 17.3 Å². The third-order valence-corrected chi connectivity index (χ3v) is 1.99. The Hall–Kier alpha value is -1.20. The Morgan fingerprint density at radius 3 is 2.71 bits per heavy atom. The second kappa shape index (κ2) is 4.34. The molecule has 0 heterocycles. The number of alkyl halides is 1. The van der Waals surface area contributed by atoms with Gasteiger partial charge >= 0.3 is 5.69 Å². The maximum absolute atomic E-state index is 13.0. The second-order valence-corrected chi connectivity index (χ2v) is 2.95. The first kappa shape index (κ1) is 10.9. The van der Waals surface area contributed by atoms with Gasteiger partial charge in [0.05, 0.1) is 16.9 Å². The number of benzene rings is 1. The molecule has 1 aromatic rings. The molecule has 0 aliphatic carbocycles. The van der Waals surface area contributed by atoms with E-state index >= 15 is 0 Å². The molecule has 0 radical (unpaired) electrons. The number of rotatable bonds is 3. The molecule has 0 aromatic heterocycles. The van der Waals surface area contributed by atoms with Crippen molar-refractivity contribution in [1.82, 2.24) is 0 Å². The van der Waals surface area contributed by atoms with Crippen LogP contribution in [0.1, 0.15) is 11.7 Å². The quantitative estimate of drug-likeness (QED) is 0.481. The second-order valence-electron chi connectivity index (χ2n) is 2.64. The topological polar surface area (TPSA) is 63.4 Å². The molecule has 0 spiro atoms. The average molecular weight is 220 g/mol. The predicted molar refractivity (Wildman–Crippen MR) is 48.7 cm³/mol. The molecule has 6 heteroatoms. The zero-order valence-corrected chi connectivity index (χ0v) is 7.74. The molecule has 1 aromatic carbocycles. The molecular weight excluding hydrogens is 213 g/mol. The van der Waals surface area contributed by atoms with Crippen molar-refractivity contribution in [1.29, 1.82) is 0 Å². The van der Waals surface area contributed by atoms with E-state index in [4.69, 9.17) is 11.6 Å². The zero-order chi connectivity index (χ0) is 10.7. The van der Waals surface area contributed by atoms with Gasteiger partial charge in [-0.3, -0.25) is 10.1 Å². The summed E-state index contributed by atoms with van der Waals surface area (Å²) in [5, 5.41) is 19.5. The van der Waals surface area contributed by atoms with Crippen LogP contribution >= 0.6 is 11.6 Å². The Morgan fingerprint density at radius 1 is 1.64 bits per heavy atom. The molecule has 0 amide bonds. The van der Waals surface area contributed by atoms with Gasteiger partial charge in [0.25, 0.3) is 0 Å². The lowest BCUT2D eigenvalue weighted by atomic mass is 10.1. The highest BCUT2D eigenvalue weighted by Crippen LogP contribution is 2.22. The molecule has 0 aliphatic rings. The van der Waals surface area contributed by atoms with Crippen molar-refractivity contribution in [2.45, 2.75) is 6.10 Å². The summed E-state index contributed by atoms with van der Waals surface area (Å²) < 4.78 is 13.0. The van der Waals surface area contributed by atoms with Crippen LogP contribution in [0.4, 0.5) is 10.1 Å². The number of hydrogen-bond donors (Lipinski definition) is 1. The Bertz CT molecular complexity index is 358. The van der Waals surface area contributed by atoms with Gasteiger partial charge in [-0.05, 0) is 17.7 Å². The van der Waals surface area contributed by atoms with E-state index in [9.17, 15) is 19.6 Å². The smallest absolute Gasteiger partial charge is 0.304 e. The monoisotopic (exact) mass is 219 g/mol.